The molecule has 0 fully saturated rings. The first-order valence-corrected chi connectivity index (χ1v) is 8.63. The summed E-state index contributed by atoms with van der Waals surface area (Å²) in [5, 5.41) is 0. The van der Waals surface area contributed by atoms with E-state index < -0.39 is 0 Å². The smallest absolute Gasteiger partial charge is 0.250 e. The van der Waals surface area contributed by atoms with Crippen molar-refractivity contribution in [3.63, 3.8) is 0 Å². The van der Waals surface area contributed by atoms with Crippen LogP contribution >= 0.6 is 0 Å². The molecule has 136 valence electrons. The van der Waals surface area contributed by atoms with Crippen molar-refractivity contribution in [2.45, 2.75) is 26.8 Å². The van der Waals surface area contributed by atoms with Crippen molar-refractivity contribution in [2.24, 2.45) is 0 Å². The molecule has 0 atom stereocenters. The van der Waals surface area contributed by atoms with E-state index in [4.69, 9.17) is 9.40 Å². The maximum absolute atomic E-state index is 12.1. The van der Waals surface area contributed by atoms with Crippen molar-refractivity contribution in [3.8, 4) is 22.7 Å². The zero-order valence-corrected chi connectivity index (χ0v) is 15.2. The molecule has 27 heavy (non-hydrogen) atoms. The molecule has 0 unspecified atom stereocenters. The Morgan fingerprint density at radius 3 is 2.52 bits per heavy atom. The zero-order valence-electron chi connectivity index (χ0n) is 15.2. The van der Waals surface area contributed by atoms with Crippen LogP contribution in [-0.4, -0.2) is 19.5 Å². The second kappa shape index (κ2) is 6.35. The van der Waals surface area contributed by atoms with Crippen LogP contribution in [0, 0.1) is 6.92 Å². The number of rotatable bonds is 3. The maximum atomic E-state index is 12.1. The molecule has 0 radical (unpaired) electrons. The predicted octanol–water partition coefficient (Wildman–Crippen LogP) is 3.30. The molecule has 0 aromatic carbocycles. The third-order valence-electron chi connectivity index (χ3n) is 4.30. The van der Waals surface area contributed by atoms with Crippen molar-refractivity contribution < 1.29 is 4.42 Å². The third kappa shape index (κ3) is 3.08. The number of fused-ring (bicyclic) bond motifs is 1. The van der Waals surface area contributed by atoms with Gasteiger partial charge in [-0.1, -0.05) is 0 Å². The molecule has 4 aromatic rings. The van der Waals surface area contributed by atoms with Gasteiger partial charge in [0.15, 0.2) is 11.4 Å². The first kappa shape index (κ1) is 17.0. The van der Waals surface area contributed by atoms with E-state index in [1.54, 1.807) is 22.9 Å². The Kier molecular flexibility index (Phi) is 3.99. The quantitative estimate of drug-likeness (QED) is 0.603. The molecule has 0 saturated carbocycles. The number of aromatic amines is 1. The van der Waals surface area contributed by atoms with Crippen molar-refractivity contribution in [2.75, 3.05) is 0 Å². The van der Waals surface area contributed by atoms with Gasteiger partial charge in [0.2, 0.25) is 5.56 Å². The van der Waals surface area contributed by atoms with Gasteiger partial charge in [-0.15, -0.1) is 0 Å². The number of aromatic nitrogens is 4. The van der Waals surface area contributed by atoms with E-state index in [1.807, 2.05) is 32.9 Å². The summed E-state index contributed by atoms with van der Waals surface area (Å²) in [5.74, 6) is 1.29. The number of aryl methyl sites for hydroxylation is 1. The summed E-state index contributed by atoms with van der Waals surface area (Å²) in [7, 11) is 0. The molecule has 0 amide bonds. The first-order valence-electron chi connectivity index (χ1n) is 8.63. The molecule has 4 rings (SSSR count). The Balaban J connectivity index is 2.04. The maximum Gasteiger partial charge on any atom is 0.250 e. The van der Waals surface area contributed by atoms with E-state index in [0.29, 0.717) is 28.3 Å². The van der Waals surface area contributed by atoms with Gasteiger partial charge < -0.3 is 14.0 Å². The summed E-state index contributed by atoms with van der Waals surface area (Å²) < 4.78 is 7.39. The minimum Gasteiger partial charge on any atom is -0.460 e. The van der Waals surface area contributed by atoms with E-state index in [1.165, 1.54) is 12.1 Å². The van der Waals surface area contributed by atoms with Gasteiger partial charge in [0.1, 0.15) is 22.7 Å². The number of H-pyrrole nitrogens is 1. The molecule has 0 bridgehead atoms. The fraction of sp³-hybridized carbons (Fsp3) is 0.200. The average molecular weight is 362 g/mol. The van der Waals surface area contributed by atoms with Crippen LogP contribution in [0.15, 0.2) is 56.6 Å². The van der Waals surface area contributed by atoms with E-state index in [9.17, 15) is 9.59 Å². The highest BCUT2D eigenvalue weighted by atomic mass is 16.3. The summed E-state index contributed by atoms with van der Waals surface area (Å²) in [4.78, 5) is 35.8. The molecule has 0 aliphatic carbocycles. The lowest BCUT2D eigenvalue weighted by atomic mass is 10.1. The fourth-order valence-electron chi connectivity index (χ4n) is 2.95. The number of hydrogen-bond acceptors (Lipinski definition) is 5. The van der Waals surface area contributed by atoms with E-state index in [0.717, 1.165) is 11.3 Å². The lowest BCUT2D eigenvalue weighted by Crippen LogP contribution is -2.20. The Hall–Kier alpha value is -3.48. The van der Waals surface area contributed by atoms with E-state index >= 15 is 0 Å². The standard InChI is InChI=1S/C20H18N4O3/c1-11(2)24-10-13(5-9-17(24)26)18-19(15-7-4-12(3)27-15)23-20-14(21-18)6-8-16(25)22-20/h4-11H,1-3H3,(H,22,23,25). The first-order chi connectivity index (χ1) is 12.9. The number of nitrogens with zero attached hydrogens (tertiary/aromatic N) is 3. The van der Waals surface area contributed by atoms with Crippen LogP contribution in [0.3, 0.4) is 0 Å². The van der Waals surface area contributed by atoms with Crippen LogP contribution < -0.4 is 11.1 Å². The fourth-order valence-corrected chi connectivity index (χ4v) is 2.95. The topological polar surface area (TPSA) is 93.8 Å². The molecule has 7 nitrogen and oxygen atoms in total. The second-order valence-corrected chi connectivity index (χ2v) is 6.64. The number of hydrogen-bond donors (Lipinski definition) is 1. The molecule has 0 spiro atoms. The van der Waals surface area contributed by atoms with Gasteiger partial charge in [-0.25, -0.2) is 9.97 Å². The van der Waals surface area contributed by atoms with Crippen molar-refractivity contribution in [1.29, 1.82) is 0 Å². The molecular formula is C20H18N4O3. The molecule has 0 aliphatic heterocycles. The number of pyridine rings is 2. The van der Waals surface area contributed by atoms with Crippen molar-refractivity contribution in [3.05, 3.63) is 69.1 Å². The summed E-state index contributed by atoms with van der Waals surface area (Å²) in [6.07, 6.45) is 1.77. The Morgan fingerprint density at radius 2 is 1.81 bits per heavy atom. The van der Waals surface area contributed by atoms with E-state index in [2.05, 4.69) is 9.97 Å². The third-order valence-corrected chi connectivity index (χ3v) is 4.30. The summed E-state index contributed by atoms with van der Waals surface area (Å²) in [5.41, 5.74) is 2.44. The van der Waals surface area contributed by atoms with Gasteiger partial charge >= 0.3 is 0 Å². The molecular weight excluding hydrogens is 344 g/mol. The molecule has 4 heterocycles. The minimum absolute atomic E-state index is 0.0107. The highest BCUT2D eigenvalue weighted by Gasteiger charge is 2.17. The highest BCUT2D eigenvalue weighted by molar-refractivity contribution is 5.82. The van der Waals surface area contributed by atoms with Crippen LogP contribution in [0.1, 0.15) is 25.6 Å². The minimum atomic E-state index is -0.250. The van der Waals surface area contributed by atoms with Crippen LogP contribution in [0.4, 0.5) is 0 Å². The number of furan rings is 1. The Bertz CT molecular complexity index is 1260. The van der Waals surface area contributed by atoms with Gasteiger partial charge in [0.25, 0.3) is 5.56 Å². The largest absolute Gasteiger partial charge is 0.460 e. The molecule has 0 aliphatic rings. The van der Waals surface area contributed by atoms with Crippen molar-refractivity contribution in [1.82, 2.24) is 19.5 Å². The van der Waals surface area contributed by atoms with Crippen LogP contribution in [0.5, 0.6) is 0 Å². The monoisotopic (exact) mass is 362 g/mol. The summed E-state index contributed by atoms with van der Waals surface area (Å²) in [6, 6.07) is 9.94. The lowest BCUT2D eigenvalue weighted by molar-refractivity contribution is 0.546. The zero-order chi connectivity index (χ0) is 19.1. The Morgan fingerprint density at radius 1 is 1.00 bits per heavy atom. The lowest BCUT2D eigenvalue weighted by Gasteiger charge is -2.13. The molecule has 1 N–H and O–H groups in total. The van der Waals surface area contributed by atoms with Gasteiger partial charge in [0.05, 0.1) is 0 Å². The van der Waals surface area contributed by atoms with Crippen LogP contribution in [0.2, 0.25) is 0 Å². The van der Waals surface area contributed by atoms with Crippen molar-refractivity contribution >= 4 is 11.2 Å². The van der Waals surface area contributed by atoms with E-state index in [-0.39, 0.29) is 17.2 Å². The molecule has 7 heteroatoms. The van der Waals surface area contributed by atoms with Gasteiger partial charge in [-0.05, 0) is 45.0 Å². The van der Waals surface area contributed by atoms with Gasteiger partial charge in [-0.2, -0.15) is 0 Å². The summed E-state index contributed by atoms with van der Waals surface area (Å²) >= 11 is 0. The van der Waals surface area contributed by atoms with Gasteiger partial charge in [0, 0.05) is 29.9 Å². The molecule has 4 aromatic heterocycles. The predicted molar refractivity (Wildman–Crippen MR) is 103 cm³/mol. The average Bonchev–Trinajstić information content (AvgIpc) is 3.07. The highest BCUT2D eigenvalue weighted by Crippen LogP contribution is 2.31. The summed E-state index contributed by atoms with van der Waals surface area (Å²) in [6.45, 7) is 5.73. The van der Waals surface area contributed by atoms with Gasteiger partial charge in [-0.3, -0.25) is 9.59 Å². The SMILES string of the molecule is Cc1ccc(-c2nc3[nH]c(=O)ccc3nc2-c2ccc(=O)n(C(C)C)c2)o1. The van der Waals surface area contributed by atoms with Crippen LogP contribution in [0.25, 0.3) is 33.9 Å². The normalized spacial score (nSPS) is 11.4. The van der Waals surface area contributed by atoms with Crippen LogP contribution in [-0.2, 0) is 0 Å². The molecule has 0 saturated heterocycles. The second-order valence-electron chi connectivity index (χ2n) is 6.64. The number of nitrogens with one attached hydrogen (secondary N) is 1. The Labute approximate surface area is 154 Å².